The number of benzene rings is 2. The van der Waals surface area contributed by atoms with E-state index < -0.39 is 5.97 Å². The SMILES string of the molecule is C1CCOC1.CN(C)C(=O)c1ccccc1N.CNC.Nc1ccccc1C(=O)O. The number of amides is 1. The summed E-state index contributed by atoms with van der Waals surface area (Å²) in [6, 6.07) is 13.4. The van der Waals surface area contributed by atoms with Crippen LogP contribution in [0, 0.1) is 0 Å². The third kappa shape index (κ3) is 11.0. The van der Waals surface area contributed by atoms with Gasteiger partial charge in [-0.3, -0.25) is 4.79 Å². The third-order valence-corrected chi connectivity index (χ3v) is 3.62. The molecule has 1 aliphatic rings. The molecule has 0 unspecified atom stereocenters. The average Bonchev–Trinajstić information content (AvgIpc) is 3.29. The number of ether oxygens (including phenoxy) is 1. The molecule has 8 nitrogen and oxygen atoms in total. The van der Waals surface area contributed by atoms with Crippen molar-refractivity contribution in [2.75, 3.05) is 52.9 Å². The van der Waals surface area contributed by atoms with Crippen LogP contribution in [0.1, 0.15) is 33.6 Å². The van der Waals surface area contributed by atoms with Gasteiger partial charge in [0.2, 0.25) is 0 Å². The van der Waals surface area contributed by atoms with E-state index in [1.54, 1.807) is 50.5 Å². The molecule has 1 amide bonds. The maximum absolute atomic E-state index is 11.4. The van der Waals surface area contributed by atoms with E-state index in [1.165, 1.54) is 23.8 Å². The number of nitrogens with two attached hydrogens (primary N) is 2. The van der Waals surface area contributed by atoms with E-state index in [0.29, 0.717) is 16.9 Å². The highest BCUT2D eigenvalue weighted by atomic mass is 16.5. The Labute approximate surface area is 178 Å². The first-order valence-electron chi connectivity index (χ1n) is 9.56. The number of nitrogens with one attached hydrogen (secondary N) is 1. The first-order valence-corrected chi connectivity index (χ1v) is 9.56. The molecule has 0 saturated carbocycles. The third-order valence-electron chi connectivity index (χ3n) is 3.62. The minimum Gasteiger partial charge on any atom is -0.478 e. The molecular weight excluding hydrogens is 384 g/mol. The molecule has 0 aliphatic carbocycles. The molecule has 0 atom stereocenters. The molecule has 8 heteroatoms. The monoisotopic (exact) mass is 418 g/mol. The number of rotatable bonds is 2. The zero-order chi connectivity index (χ0) is 22.9. The van der Waals surface area contributed by atoms with Gasteiger partial charge in [0.1, 0.15) is 0 Å². The van der Waals surface area contributed by atoms with Crippen LogP contribution in [0.2, 0.25) is 0 Å². The maximum atomic E-state index is 11.4. The van der Waals surface area contributed by atoms with Crippen LogP contribution in [0.25, 0.3) is 0 Å². The second kappa shape index (κ2) is 15.8. The van der Waals surface area contributed by atoms with Gasteiger partial charge in [0.05, 0.1) is 11.1 Å². The van der Waals surface area contributed by atoms with E-state index in [2.05, 4.69) is 5.32 Å². The van der Waals surface area contributed by atoms with Gasteiger partial charge in [-0.05, 0) is 51.2 Å². The zero-order valence-corrected chi connectivity index (χ0v) is 18.2. The number of carboxylic acid groups (broad SMARTS) is 1. The van der Waals surface area contributed by atoms with Crippen LogP contribution < -0.4 is 16.8 Å². The average molecular weight is 419 g/mol. The molecule has 166 valence electrons. The quantitative estimate of drug-likeness (QED) is 0.551. The predicted molar refractivity (Wildman–Crippen MR) is 122 cm³/mol. The molecular formula is C22H34N4O4. The van der Waals surface area contributed by atoms with Crippen LogP contribution in [0.4, 0.5) is 11.4 Å². The fourth-order valence-electron chi connectivity index (χ4n) is 2.13. The lowest BCUT2D eigenvalue weighted by atomic mass is 10.1. The molecule has 2 aromatic rings. The molecule has 2 aromatic carbocycles. The van der Waals surface area contributed by atoms with E-state index in [0.717, 1.165) is 13.2 Å². The topological polar surface area (TPSA) is 131 Å². The fraction of sp³-hybridized carbons (Fsp3) is 0.364. The number of carbonyl (C=O) groups is 2. The number of hydrogen-bond donors (Lipinski definition) is 4. The highest BCUT2D eigenvalue weighted by molar-refractivity contribution is 5.98. The Morgan fingerprint density at radius 1 is 0.900 bits per heavy atom. The summed E-state index contributed by atoms with van der Waals surface area (Å²) in [5, 5.41) is 11.2. The summed E-state index contributed by atoms with van der Waals surface area (Å²) in [6.45, 7) is 2.00. The van der Waals surface area contributed by atoms with Crippen LogP contribution in [-0.4, -0.2) is 63.3 Å². The minimum absolute atomic E-state index is 0.0619. The summed E-state index contributed by atoms with van der Waals surface area (Å²) in [4.78, 5) is 23.3. The second-order valence-electron chi connectivity index (χ2n) is 6.50. The Balaban J connectivity index is 0.000000418. The number of nitrogens with zero attached hydrogens (tertiary/aromatic N) is 1. The second-order valence-corrected chi connectivity index (χ2v) is 6.50. The van der Waals surface area contributed by atoms with Gasteiger partial charge in [0, 0.05) is 38.7 Å². The van der Waals surface area contributed by atoms with Crippen molar-refractivity contribution >= 4 is 23.3 Å². The van der Waals surface area contributed by atoms with E-state index in [-0.39, 0.29) is 11.5 Å². The van der Waals surface area contributed by atoms with E-state index in [4.69, 9.17) is 21.3 Å². The minimum atomic E-state index is -0.988. The Kier molecular flexibility index (Phi) is 14.1. The molecule has 1 heterocycles. The normalized spacial score (nSPS) is 11.5. The zero-order valence-electron chi connectivity index (χ0n) is 18.2. The van der Waals surface area contributed by atoms with Gasteiger partial charge in [0.25, 0.3) is 5.91 Å². The molecule has 0 aromatic heterocycles. The standard InChI is InChI=1S/C9H12N2O.C7H7NO2.C4H8O.C2H7N/c1-11(2)9(12)7-5-3-4-6-8(7)10;8-6-4-2-1-3-5(6)7(9)10;1-2-4-5-3-1;1-3-2/h3-6H,10H2,1-2H3;1-4H,8H2,(H,9,10);1-4H2;3H,1-2H3. The lowest BCUT2D eigenvalue weighted by Gasteiger charge is -2.11. The van der Waals surface area contributed by atoms with Crippen molar-refractivity contribution in [3.05, 3.63) is 59.7 Å². The van der Waals surface area contributed by atoms with Crippen LogP contribution in [0.3, 0.4) is 0 Å². The first kappa shape index (κ1) is 26.9. The smallest absolute Gasteiger partial charge is 0.337 e. The number of aromatic carboxylic acids is 1. The Morgan fingerprint density at radius 3 is 1.57 bits per heavy atom. The van der Waals surface area contributed by atoms with Crippen LogP contribution in [0.15, 0.2) is 48.5 Å². The Hall–Kier alpha value is -3.10. The number of nitrogen functional groups attached to an aromatic ring is 2. The van der Waals surface area contributed by atoms with Crippen molar-refractivity contribution in [2.24, 2.45) is 0 Å². The van der Waals surface area contributed by atoms with Gasteiger partial charge in [-0.25, -0.2) is 4.79 Å². The van der Waals surface area contributed by atoms with Gasteiger partial charge < -0.3 is 31.5 Å². The van der Waals surface area contributed by atoms with E-state index >= 15 is 0 Å². The van der Waals surface area contributed by atoms with Crippen molar-refractivity contribution in [1.82, 2.24) is 10.2 Å². The number of carboxylic acids is 1. The summed E-state index contributed by atoms with van der Waals surface area (Å²) in [7, 11) is 7.16. The lowest BCUT2D eigenvalue weighted by molar-refractivity contribution is 0.0697. The summed E-state index contributed by atoms with van der Waals surface area (Å²) in [5.41, 5.74) is 12.5. The van der Waals surface area contributed by atoms with Crippen molar-refractivity contribution in [1.29, 1.82) is 0 Å². The summed E-state index contributed by atoms with van der Waals surface area (Å²) in [5.74, 6) is -1.05. The van der Waals surface area contributed by atoms with E-state index in [1.807, 2.05) is 20.2 Å². The number of carbonyl (C=O) groups excluding carboxylic acids is 1. The molecule has 1 saturated heterocycles. The van der Waals surface area contributed by atoms with Gasteiger partial charge in [-0.1, -0.05) is 24.3 Å². The Morgan fingerprint density at radius 2 is 1.30 bits per heavy atom. The van der Waals surface area contributed by atoms with Crippen LogP contribution in [0.5, 0.6) is 0 Å². The van der Waals surface area contributed by atoms with Crippen molar-refractivity contribution in [3.63, 3.8) is 0 Å². The largest absolute Gasteiger partial charge is 0.478 e. The lowest BCUT2D eigenvalue weighted by Crippen LogP contribution is -2.22. The van der Waals surface area contributed by atoms with Gasteiger partial charge in [-0.2, -0.15) is 0 Å². The molecule has 6 N–H and O–H groups in total. The molecule has 0 radical (unpaired) electrons. The Bertz CT molecular complexity index is 755. The molecule has 1 aliphatic heterocycles. The highest BCUT2D eigenvalue weighted by Crippen LogP contribution is 2.11. The first-order chi connectivity index (χ1) is 14.3. The van der Waals surface area contributed by atoms with Crippen molar-refractivity contribution < 1.29 is 19.4 Å². The number of anilines is 2. The molecule has 0 bridgehead atoms. The maximum Gasteiger partial charge on any atom is 0.337 e. The molecule has 30 heavy (non-hydrogen) atoms. The van der Waals surface area contributed by atoms with E-state index in [9.17, 15) is 9.59 Å². The fourth-order valence-corrected chi connectivity index (χ4v) is 2.13. The predicted octanol–water partition coefficient (Wildman–Crippen LogP) is 2.57. The molecule has 3 rings (SSSR count). The summed E-state index contributed by atoms with van der Waals surface area (Å²) >= 11 is 0. The summed E-state index contributed by atoms with van der Waals surface area (Å²) < 4.78 is 4.94. The summed E-state index contributed by atoms with van der Waals surface area (Å²) in [6.07, 6.45) is 2.56. The number of hydrogen-bond acceptors (Lipinski definition) is 6. The van der Waals surface area contributed by atoms with Crippen LogP contribution in [-0.2, 0) is 4.74 Å². The molecule has 1 fully saturated rings. The van der Waals surface area contributed by atoms with Crippen molar-refractivity contribution in [3.8, 4) is 0 Å². The van der Waals surface area contributed by atoms with Crippen molar-refractivity contribution in [2.45, 2.75) is 12.8 Å². The number of para-hydroxylation sites is 2. The van der Waals surface area contributed by atoms with Gasteiger partial charge in [-0.15, -0.1) is 0 Å². The van der Waals surface area contributed by atoms with Gasteiger partial charge >= 0.3 is 5.97 Å². The highest BCUT2D eigenvalue weighted by Gasteiger charge is 2.09. The van der Waals surface area contributed by atoms with Gasteiger partial charge in [0.15, 0.2) is 0 Å². The molecule has 0 spiro atoms. The van der Waals surface area contributed by atoms with Crippen LogP contribution >= 0.6 is 0 Å².